The molecule has 0 aliphatic carbocycles. The third-order valence-corrected chi connectivity index (χ3v) is 2.81. The van der Waals surface area contributed by atoms with Crippen LogP contribution in [-0.4, -0.2) is 5.78 Å². The van der Waals surface area contributed by atoms with Gasteiger partial charge in [0.15, 0.2) is 0 Å². The van der Waals surface area contributed by atoms with Crippen molar-refractivity contribution in [3.63, 3.8) is 0 Å². The van der Waals surface area contributed by atoms with Gasteiger partial charge in [0.25, 0.3) is 0 Å². The monoisotopic (exact) mass is 250 g/mol. The highest BCUT2D eigenvalue weighted by Crippen LogP contribution is 2.11. The third kappa shape index (κ3) is 13.3. The quantitative estimate of drug-likeness (QED) is 0.409. The summed E-state index contributed by atoms with van der Waals surface area (Å²) in [5, 5.41) is 0. The summed E-state index contributed by atoms with van der Waals surface area (Å²) in [6.45, 7) is 8.44. The number of hydrogen-bond donors (Lipinski definition) is 0. The summed E-state index contributed by atoms with van der Waals surface area (Å²) < 4.78 is 0. The van der Waals surface area contributed by atoms with Crippen LogP contribution in [0.4, 0.5) is 0 Å². The van der Waals surface area contributed by atoms with Gasteiger partial charge in [0, 0.05) is 11.8 Å². The molecule has 0 aromatic rings. The second-order valence-electron chi connectivity index (χ2n) is 6.14. The van der Waals surface area contributed by atoms with Gasteiger partial charge >= 0.3 is 0 Å². The molecule has 104 valence electrons. The van der Waals surface area contributed by atoms with Crippen molar-refractivity contribution in [2.45, 2.75) is 85.5 Å². The first kappa shape index (κ1) is 17.2. The smallest absolute Gasteiger partial charge is 0.144 e. The maximum atomic E-state index is 11.6. The molecule has 0 bridgehead atoms. The van der Waals surface area contributed by atoms with Crippen molar-refractivity contribution in [3.05, 3.63) is 0 Å². The van der Waals surface area contributed by atoms with Gasteiger partial charge in [-0.05, 0) is 27.2 Å². The second-order valence-corrected chi connectivity index (χ2v) is 6.14. The Hall–Kier alpha value is -0.770. The maximum absolute atomic E-state index is 11.6. The van der Waals surface area contributed by atoms with E-state index in [0.29, 0.717) is 18.6 Å². The van der Waals surface area contributed by atoms with Gasteiger partial charge in [-0.25, -0.2) is 0 Å². The summed E-state index contributed by atoms with van der Waals surface area (Å²) in [5.74, 6) is 6.41. The van der Waals surface area contributed by atoms with E-state index >= 15 is 0 Å². The van der Waals surface area contributed by atoms with E-state index in [-0.39, 0.29) is 5.41 Å². The molecule has 0 aromatic heterocycles. The van der Waals surface area contributed by atoms with Crippen LogP contribution < -0.4 is 0 Å². The lowest BCUT2D eigenvalue weighted by molar-refractivity contribution is -0.118. The van der Waals surface area contributed by atoms with Crippen LogP contribution in [-0.2, 0) is 4.79 Å². The average Bonchev–Trinajstić information content (AvgIpc) is 2.26. The number of carbonyl (C=O) groups is 1. The molecule has 0 amide bonds. The minimum Gasteiger partial charge on any atom is -0.299 e. The summed E-state index contributed by atoms with van der Waals surface area (Å²) in [5.41, 5.74) is 0.0135. The predicted molar refractivity (Wildman–Crippen MR) is 79.5 cm³/mol. The molecule has 0 radical (unpaired) electrons. The first-order valence-corrected chi connectivity index (χ1v) is 7.47. The van der Waals surface area contributed by atoms with Crippen LogP contribution >= 0.6 is 0 Å². The lowest BCUT2D eigenvalue weighted by Crippen LogP contribution is -2.01. The minimum absolute atomic E-state index is 0.0135. The van der Waals surface area contributed by atoms with Crippen LogP contribution in [0.1, 0.15) is 85.5 Å². The zero-order chi connectivity index (χ0) is 13.9. The van der Waals surface area contributed by atoms with E-state index in [9.17, 15) is 4.79 Å². The molecule has 0 saturated carbocycles. The molecule has 0 aliphatic rings. The van der Waals surface area contributed by atoms with Crippen molar-refractivity contribution in [2.24, 2.45) is 5.41 Å². The van der Waals surface area contributed by atoms with Crippen molar-refractivity contribution in [2.75, 3.05) is 0 Å². The van der Waals surface area contributed by atoms with Crippen molar-refractivity contribution < 1.29 is 4.79 Å². The molecule has 18 heavy (non-hydrogen) atoms. The highest BCUT2D eigenvalue weighted by molar-refractivity contribution is 5.80. The molecule has 0 fully saturated rings. The van der Waals surface area contributed by atoms with E-state index in [1.165, 1.54) is 38.5 Å². The Labute approximate surface area is 114 Å². The summed E-state index contributed by atoms with van der Waals surface area (Å²) in [6.07, 6.45) is 9.99. The summed E-state index contributed by atoms with van der Waals surface area (Å²) in [6, 6.07) is 0. The van der Waals surface area contributed by atoms with Gasteiger partial charge in [-0.2, -0.15) is 0 Å². The SMILES string of the molecule is CCCCCCCCCC(=O)CC#CC(C)(C)C. The number of unbranched alkanes of at least 4 members (excludes halogenated alkanes) is 6. The Kier molecular flexibility index (Phi) is 9.74. The molecule has 1 heteroatoms. The van der Waals surface area contributed by atoms with E-state index < -0.39 is 0 Å². The van der Waals surface area contributed by atoms with E-state index in [0.717, 1.165) is 6.42 Å². The zero-order valence-corrected chi connectivity index (χ0v) is 12.8. The van der Waals surface area contributed by atoms with E-state index in [1.54, 1.807) is 0 Å². The Bertz CT molecular complexity index is 272. The van der Waals surface area contributed by atoms with Gasteiger partial charge in [0.05, 0.1) is 6.42 Å². The number of Topliss-reactive ketones (excluding diaryl/α,β-unsaturated/α-hetero) is 1. The van der Waals surface area contributed by atoms with Crippen LogP contribution in [0.2, 0.25) is 0 Å². The maximum Gasteiger partial charge on any atom is 0.144 e. The van der Waals surface area contributed by atoms with Crippen LogP contribution in [0.25, 0.3) is 0 Å². The van der Waals surface area contributed by atoms with Gasteiger partial charge in [0.1, 0.15) is 5.78 Å². The largest absolute Gasteiger partial charge is 0.299 e. The van der Waals surface area contributed by atoms with Crippen LogP contribution in [0, 0.1) is 17.3 Å². The van der Waals surface area contributed by atoms with Gasteiger partial charge < -0.3 is 0 Å². The molecule has 0 rings (SSSR count). The Morgan fingerprint density at radius 1 is 0.944 bits per heavy atom. The summed E-state index contributed by atoms with van der Waals surface area (Å²) in [7, 11) is 0. The van der Waals surface area contributed by atoms with Crippen molar-refractivity contribution in [1.82, 2.24) is 0 Å². The fraction of sp³-hybridized carbons (Fsp3) is 0.824. The molecule has 0 N–H and O–H groups in total. The number of ketones is 1. The van der Waals surface area contributed by atoms with Gasteiger partial charge in [-0.3, -0.25) is 4.79 Å². The molecule has 0 saturated heterocycles. The average molecular weight is 250 g/mol. The van der Waals surface area contributed by atoms with Gasteiger partial charge in [0.2, 0.25) is 0 Å². The molecular weight excluding hydrogens is 220 g/mol. The Balaban J connectivity index is 3.45. The predicted octanol–water partition coefficient (Wildman–Crippen LogP) is 5.14. The molecule has 0 aliphatic heterocycles. The molecular formula is C17H30O. The molecule has 0 heterocycles. The van der Waals surface area contributed by atoms with Crippen LogP contribution in [0.15, 0.2) is 0 Å². The standard InChI is InChI=1S/C17H30O/c1-5-6-7-8-9-10-11-13-16(18)14-12-15-17(2,3)4/h5-11,13-14H2,1-4H3. The van der Waals surface area contributed by atoms with Gasteiger partial charge in [-0.15, -0.1) is 0 Å². The van der Waals surface area contributed by atoms with E-state index in [4.69, 9.17) is 0 Å². The minimum atomic E-state index is 0.0135. The third-order valence-electron chi connectivity index (χ3n) is 2.81. The molecule has 0 spiro atoms. The lowest BCUT2D eigenvalue weighted by atomic mass is 9.97. The summed E-state index contributed by atoms with van der Waals surface area (Å²) >= 11 is 0. The highest BCUT2D eigenvalue weighted by Gasteiger charge is 2.04. The number of hydrogen-bond acceptors (Lipinski definition) is 1. The Morgan fingerprint density at radius 2 is 1.50 bits per heavy atom. The first-order valence-electron chi connectivity index (χ1n) is 7.47. The van der Waals surface area contributed by atoms with Crippen LogP contribution in [0.3, 0.4) is 0 Å². The highest BCUT2D eigenvalue weighted by atomic mass is 16.1. The summed E-state index contributed by atoms with van der Waals surface area (Å²) in [4.78, 5) is 11.6. The molecule has 0 unspecified atom stereocenters. The molecule has 0 aromatic carbocycles. The van der Waals surface area contributed by atoms with Crippen molar-refractivity contribution in [3.8, 4) is 11.8 Å². The van der Waals surface area contributed by atoms with E-state index in [1.807, 2.05) is 0 Å². The number of rotatable bonds is 9. The normalized spacial score (nSPS) is 10.9. The topological polar surface area (TPSA) is 17.1 Å². The van der Waals surface area contributed by atoms with Crippen molar-refractivity contribution in [1.29, 1.82) is 0 Å². The number of carbonyl (C=O) groups excluding carboxylic acids is 1. The fourth-order valence-corrected chi connectivity index (χ4v) is 1.78. The first-order chi connectivity index (χ1) is 8.45. The second kappa shape index (κ2) is 10.2. The zero-order valence-electron chi connectivity index (χ0n) is 12.8. The lowest BCUT2D eigenvalue weighted by Gasteiger charge is -2.06. The van der Waals surface area contributed by atoms with Gasteiger partial charge in [-0.1, -0.05) is 57.3 Å². The van der Waals surface area contributed by atoms with Crippen LogP contribution in [0.5, 0.6) is 0 Å². The van der Waals surface area contributed by atoms with Crippen molar-refractivity contribution >= 4 is 5.78 Å². The fourth-order valence-electron chi connectivity index (χ4n) is 1.78. The van der Waals surface area contributed by atoms with E-state index in [2.05, 4.69) is 39.5 Å². The Morgan fingerprint density at radius 3 is 2.06 bits per heavy atom. The molecule has 1 nitrogen and oxygen atoms in total. The molecule has 0 atom stereocenters.